The smallest absolute Gasteiger partial charge is 0.106 e. The molecule has 0 unspecified atom stereocenters. The minimum Gasteiger partial charge on any atom is -0.332 e. The van der Waals surface area contributed by atoms with Gasteiger partial charge >= 0.3 is 0 Å². The molecule has 84 valence electrons. The van der Waals surface area contributed by atoms with Crippen LogP contribution in [-0.2, 0) is 6.54 Å². The van der Waals surface area contributed by atoms with Crippen molar-refractivity contribution in [3.05, 3.63) is 17.2 Å². The SMILES string of the molecule is Cc1nc(C)n(CCCN)c1C.Cl.Cl. The summed E-state index contributed by atoms with van der Waals surface area (Å²) < 4.78 is 2.22. The number of rotatable bonds is 3. The Morgan fingerprint density at radius 1 is 1.21 bits per heavy atom. The molecule has 1 aromatic heterocycles. The van der Waals surface area contributed by atoms with Crippen LogP contribution < -0.4 is 5.73 Å². The highest BCUT2D eigenvalue weighted by molar-refractivity contribution is 5.85. The topological polar surface area (TPSA) is 43.8 Å². The van der Waals surface area contributed by atoms with E-state index in [2.05, 4.69) is 16.5 Å². The number of imidazole rings is 1. The molecule has 1 rings (SSSR count). The van der Waals surface area contributed by atoms with Crippen LogP contribution in [0.3, 0.4) is 0 Å². The third-order valence-corrected chi connectivity index (χ3v) is 2.23. The van der Waals surface area contributed by atoms with Gasteiger partial charge in [0.15, 0.2) is 0 Å². The molecule has 1 heterocycles. The molecule has 0 fully saturated rings. The Bertz CT molecular complexity index is 271. The molecular formula is C9H19Cl2N3. The first-order chi connectivity index (χ1) is 5.66. The number of halogens is 2. The lowest BCUT2D eigenvalue weighted by molar-refractivity contribution is 0.619. The second-order valence-electron chi connectivity index (χ2n) is 3.12. The lowest BCUT2D eigenvalue weighted by atomic mass is 10.3. The summed E-state index contributed by atoms with van der Waals surface area (Å²) in [5, 5.41) is 0. The standard InChI is InChI=1S/C9H17N3.2ClH/c1-7-8(2)12(6-4-5-10)9(3)11-7;;/h4-6,10H2,1-3H3;2*1H. The second-order valence-corrected chi connectivity index (χ2v) is 3.12. The Kier molecular flexibility index (Phi) is 8.21. The van der Waals surface area contributed by atoms with E-state index in [-0.39, 0.29) is 24.8 Å². The predicted molar refractivity (Wildman–Crippen MR) is 64.6 cm³/mol. The molecular weight excluding hydrogens is 221 g/mol. The molecule has 0 bridgehead atoms. The summed E-state index contributed by atoms with van der Waals surface area (Å²) in [6.07, 6.45) is 1.03. The zero-order valence-electron chi connectivity index (χ0n) is 8.91. The summed E-state index contributed by atoms with van der Waals surface area (Å²) >= 11 is 0. The van der Waals surface area contributed by atoms with Crippen molar-refractivity contribution in [1.29, 1.82) is 0 Å². The zero-order chi connectivity index (χ0) is 9.14. The predicted octanol–water partition coefficient (Wildman–Crippen LogP) is 2.00. The average Bonchev–Trinajstić information content (AvgIpc) is 2.25. The number of hydrogen-bond acceptors (Lipinski definition) is 2. The van der Waals surface area contributed by atoms with Gasteiger partial charge in [-0.2, -0.15) is 0 Å². The van der Waals surface area contributed by atoms with Crippen LogP contribution in [0.25, 0.3) is 0 Å². The fourth-order valence-electron chi connectivity index (χ4n) is 1.40. The lowest BCUT2D eigenvalue weighted by Crippen LogP contribution is -2.08. The highest BCUT2D eigenvalue weighted by Crippen LogP contribution is 2.09. The molecule has 0 saturated carbocycles. The van der Waals surface area contributed by atoms with Gasteiger partial charge in [-0.15, -0.1) is 24.8 Å². The van der Waals surface area contributed by atoms with Crippen LogP contribution >= 0.6 is 24.8 Å². The van der Waals surface area contributed by atoms with Crippen molar-refractivity contribution in [2.24, 2.45) is 5.73 Å². The highest BCUT2D eigenvalue weighted by atomic mass is 35.5. The molecule has 0 saturated heterocycles. The van der Waals surface area contributed by atoms with Crippen molar-refractivity contribution in [1.82, 2.24) is 9.55 Å². The Morgan fingerprint density at radius 3 is 2.14 bits per heavy atom. The normalized spacial score (nSPS) is 9.14. The van der Waals surface area contributed by atoms with Crippen molar-refractivity contribution in [3.63, 3.8) is 0 Å². The first-order valence-corrected chi connectivity index (χ1v) is 4.37. The van der Waals surface area contributed by atoms with E-state index in [0.29, 0.717) is 0 Å². The summed E-state index contributed by atoms with van der Waals surface area (Å²) in [5.74, 6) is 1.10. The number of nitrogens with zero attached hydrogens (tertiary/aromatic N) is 2. The quantitative estimate of drug-likeness (QED) is 0.878. The third-order valence-electron chi connectivity index (χ3n) is 2.23. The average molecular weight is 240 g/mol. The summed E-state index contributed by atoms with van der Waals surface area (Å²) in [5.41, 5.74) is 7.84. The van der Waals surface area contributed by atoms with E-state index < -0.39 is 0 Å². The lowest BCUT2D eigenvalue weighted by Gasteiger charge is -2.05. The van der Waals surface area contributed by atoms with Crippen molar-refractivity contribution in [2.45, 2.75) is 33.7 Å². The first-order valence-electron chi connectivity index (χ1n) is 4.37. The van der Waals surface area contributed by atoms with Crippen molar-refractivity contribution in [3.8, 4) is 0 Å². The van der Waals surface area contributed by atoms with E-state index in [1.54, 1.807) is 0 Å². The van der Waals surface area contributed by atoms with E-state index in [4.69, 9.17) is 5.73 Å². The Balaban J connectivity index is 0. The number of hydrogen-bond donors (Lipinski definition) is 1. The monoisotopic (exact) mass is 239 g/mol. The van der Waals surface area contributed by atoms with Gasteiger partial charge in [-0.1, -0.05) is 0 Å². The minimum atomic E-state index is 0. The summed E-state index contributed by atoms with van der Waals surface area (Å²) in [4.78, 5) is 4.39. The highest BCUT2D eigenvalue weighted by Gasteiger charge is 2.05. The van der Waals surface area contributed by atoms with Crippen LogP contribution in [0.5, 0.6) is 0 Å². The van der Waals surface area contributed by atoms with Gasteiger partial charge in [0.2, 0.25) is 0 Å². The molecule has 0 aliphatic rings. The third kappa shape index (κ3) is 3.48. The van der Waals surface area contributed by atoms with Crippen LogP contribution in [0, 0.1) is 20.8 Å². The molecule has 3 nitrogen and oxygen atoms in total. The molecule has 0 amide bonds. The molecule has 0 aliphatic carbocycles. The first kappa shape index (κ1) is 16.2. The molecule has 14 heavy (non-hydrogen) atoms. The van der Waals surface area contributed by atoms with Crippen molar-refractivity contribution < 1.29 is 0 Å². The maximum Gasteiger partial charge on any atom is 0.106 e. The van der Waals surface area contributed by atoms with Crippen LogP contribution in [0.2, 0.25) is 0 Å². The number of nitrogens with two attached hydrogens (primary N) is 1. The van der Waals surface area contributed by atoms with Gasteiger partial charge in [-0.25, -0.2) is 4.98 Å². The molecule has 0 spiro atoms. The minimum absolute atomic E-state index is 0. The van der Waals surface area contributed by atoms with Gasteiger partial charge in [-0.05, 0) is 33.7 Å². The Hall–Kier alpha value is -0.250. The van der Waals surface area contributed by atoms with Crippen LogP contribution in [0.15, 0.2) is 0 Å². The van der Waals surface area contributed by atoms with E-state index >= 15 is 0 Å². The van der Waals surface area contributed by atoms with Crippen molar-refractivity contribution in [2.75, 3.05) is 6.54 Å². The molecule has 0 aliphatic heterocycles. The second kappa shape index (κ2) is 7.10. The van der Waals surface area contributed by atoms with Gasteiger partial charge in [-0.3, -0.25) is 0 Å². The fraction of sp³-hybridized carbons (Fsp3) is 0.667. The largest absolute Gasteiger partial charge is 0.332 e. The van der Waals surface area contributed by atoms with Gasteiger partial charge in [0.05, 0.1) is 5.69 Å². The molecule has 1 aromatic rings. The van der Waals surface area contributed by atoms with Crippen LogP contribution in [0.4, 0.5) is 0 Å². The fourth-order valence-corrected chi connectivity index (χ4v) is 1.40. The maximum absolute atomic E-state index is 5.45. The Morgan fingerprint density at radius 2 is 1.79 bits per heavy atom. The molecule has 0 atom stereocenters. The van der Waals surface area contributed by atoms with E-state index in [0.717, 1.165) is 31.0 Å². The summed E-state index contributed by atoms with van der Waals surface area (Å²) in [7, 11) is 0. The van der Waals surface area contributed by atoms with E-state index in [9.17, 15) is 0 Å². The van der Waals surface area contributed by atoms with Crippen LogP contribution in [-0.4, -0.2) is 16.1 Å². The van der Waals surface area contributed by atoms with E-state index in [1.807, 2.05) is 13.8 Å². The Labute approximate surface area is 97.9 Å². The van der Waals surface area contributed by atoms with Crippen molar-refractivity contribution >= 4 is 24.8 Å². The number of aromatic nitrogens is 2. The van der Waals surface area contributed by atoms with E-state index in [1.165, 1.54) is 5.69 Å². The van der Waals surface area contributed by atoms with Gasteiger partial charge in [0.1, 0.15) is 5.82 Å². The molecule has 0 aromatic carbocycles. The molecule has 0 radical (unpaired) electrons. The van der Waals surface area contributed by atoms with Gasteiger partial charge in [0, 0.05) is 12.2 Å². The molecule has 5 heteroatoms. The maximum atomic E-state index is 5.45. The summed E-state index contributed by atoms with van der Waals surface area (Å²) in [6.45, 7) is 7.93. The van der Waals surface area contributed by atoms with Gasteiger partial charge < -0.3 is 10.3 Å². The summed E-state index contributed by atoms with van der Waals surface area (Å²) in [6, 6.07) is 0. The van der Waals surface area contributed by atoms with Gasteiger partial charge in [0.25, 0.3) is 0 Å². The number of aryl methyl sites for hydroxylation is 2. The zero-order valence-corrected chi connectivity index (χ0v) is 10.5. The molecule has 2 N–H and O–H groups in total. The van der Waals surface area contributed by atoms with Crippen LogP contribution in [0.1, 0.15) is 23.6 Å².